The first kappa shape index (κ1) is 8.68. The zero-order chi connectivity index (χ0) is 8.16. The maximum atomic E-state index is 5.51. The Kier molecular flexibility index (Phi) is 3.02. The predicted molar refractivity (Wildman–Crippen MR) is 44.0 cm³/mol. The summed E-state index contributed by atoms with van der Waals surface area (Å²) in [5.41, 5.74) is -0.0283. The molecule has 1 heterocycles. The lowest BCUT2D eigenvalue weighted by atomic mass is 9.97. The van der Waals surface area contributed by atoms with Gasteiger partial charge in [-0.2, -0.15) is 0 Å². The van der Waals surface area contributed by atoms with Crippen molar-refractivity contribution in [1.82, 2.24) is 0 Å². The van der Waals surface area contributed by atoms with Crippen LogP contribution in [0.1, 0.15) is 19.8 Å². The van der Waals surface area contributed by atoms with Crippen LogP contribution >= 0.6 is 0 Å². The fourth-order valence-electron chi connectivity index (χ4n) is 1.15. The molecular weight excluding hydrogens is 142 g/mol. The second-order valence-corrected chi connectivity index (χ2v) is 3.06. The summed E-state index contributed by atoms with van der Waals surface area (Å²) >= 11 is 0. The van der Waals surface area contributed by atoms with E-state index in [2.05, 4.69) is 18.6 Å². The van der Waals surface area contributed by atoms with Crippen molar-refractivity contribution >= 4 is 6.72 Å². The van der Waals surface area contributed by atoms with E-state index in [4.69, 9.17) is 9.47 Å². The molecule has 3 nitrogen and oxygen atoms in total. The van der Waals surface area contributed by atoms with Gasteiger partial charge in [-0.15, -0.1) is 0 Å². The van der Waals surface area contributed by atoms with Gasteiger partial charge in [-0.05, 0) is 26.5 Å². The van der Waals surface area contributed by atoms with Crippen molar-refractivity contribution in [3.8, 4) is 0 Å². The summed E-state index contributed by atoms with van der Waals surface area (Å²) < 4.78 is 10.7. The molecule has 1 fully saturated rings. The Balaban J connectivity index is 2.30. The molecule has 0 spiro atoms. The van der Waals surface area contributed by atoms with Gasteiger partial charge in [0.15, 0.2) is 0 Å². The number of ether oxygens (including phenoxy) is 2. The van der Waals surface area contributed by atoms with Crippen molar-refractivity contribution in [2.45, 2.75) is 25.4 Å². The normalized spacial score (nSPS) is 23.0. The Bertz CT molecular complexity index is 130. The Morgan fingerprint density at radius 1 is 1.55 bits per heavy atom. The minimum absolute atomic E-state index is 0.0283. The molecule has 1 aliphatic heterocycles. The fourth-order valence-corrected chi connectivity index (χ4v) is 1.15. The second-order valence-electron chi connectivity index (χ2n) is 3.06. The Morgan fingerprint density at radius 3 is 2.73 bits per heavy atom. The fraction of sp³-hybridized carbons (Fsp3) is 0.875. The highest BCUT2D eigenvalue weighted by atomic mass is 16.5. The first-order valence-corrected chi connectivity index (χ1v) is 3.91. The first-order valence-electron chi connectivity index (χ1n) is 3.91. The van der Waals surface area contributed by atoms with Gasteiger partial charge in [-0.25, -0.2) is 0 Å². The van der Waals surface area contributed by atoms with Crippen LogP contribution in [0.4, 0.5) is 0 Å². The van der Waals surface area contributed by atoms with E-state index in [-0.39, 0.29) is 5.60 Å². The zero-order valence-electron chi connectivity index (χ0n) is 7.01. The van der Waals surface area contributed by atoms with Gasteiger partial charge in [0.1, 0.15) is 6.73 Å². The Hall–Kier alpha value is -0.410. The molecule has 0 N–H and O–H groups in total. The van der Waals surface area contributed by atoms with E-state index in [9.17, 15) is 0 Å². The van der Waals surface area contributed by atoms with Crippen molar-refractivity contribution in [2.75, 3.05) is 19.9 Å². The Labute approximate surface area is 67.4 Å². The van der Waals surface area contributed by atoms with Crippen LogP contribution in [-0.2, 0) is 9.47 Å². The van der Waals surface area contributed by atoms with E-state index < -0.39 is 0 Å². The van der Waals surface area contributed by atoms with Gasteiger partial charge in [-0.1, -0.05) is 0 Å². The molecule has 0 bridgehead atoms. The monoisotopic (exact) mass is 157 g/mol. The van der Waals surface area contributed by atoms with Gasteiger partial charge in [0.25, 0.3) is 0 Å². The van der Waals surface area contributed by atoms with Crippen LogP contribution in [0.5, 0.6) is 0 Å². The minimum Gasteiger partial charge on any atom is -0.381 e. The predicted octanol–water partition coefficient (Wildman–Crippen LogP) is 1.23. The number of hydrogen-bond donors (Lipinski definition) is 0. The molecule has 1 aliphatic rings. The lowest BCUT2D eigenvalue weighted by Gasteiger charge is -2.32. The smallest absolute Gasteiger partial charge is 0.137 e. The van der Waals surface area contributed by atoms with E-state index in [1.54, 1.807) is 0 Å². The molecule has 0 unspecified atom stereocenters. The molecule has 0 aliphatic carbocycles. The molecule has 0 aromatic heterocycles. The molecule has 1 saturated heterocycles. The summed E-state index contributed by atoms with van der Waals surface area (Å²) in [6.45, 7) is 7.47. The highest BCUT2D eigenvalue weighted by molar-refractivity contribution is 5.22. The van der Waals surface area contributed by atoms with Gasteiger partial charge >= 0.3 is 0 Å². The van der Waals surface area contributed by atoms with E-state index in [1.165, 1.54) is 0 Å². The van der Waals surface area contributed by atoms with Crippen LogP contribution in [0.15, 0.2) is 4.99 Å². The van der Waals surface area contributed by atoms with Crippen LogP contribution in [-0.4, -0.2) is 32.3 Å². The summed E-state index contributed by atoms with van der Waals surface area (Å²) in [4.78, 5) is 3.66. The zero-order valence-corrected chi connectivity index (χ0v) is 7.01. The van der Waals surface area contributed by atoms with Crippen LogP contribution in [0.25, 0.3) is 0 Å². The van der Waals surface area contributed by atoms with Crippen LogP contribution in [0.3, 0.4) is 0 Å². The largest absolute Gasteiger partial charge is 0.381 e. The average molecular weight is 157 g/mol. The highest BCUT2D eigenvalue weighted by Gasteiger charge is 2.27. The molecule has 3 heteroatoms. The van der Waals surface area contributed by atoms with Gasteiger partial charge in [0.05, 0.1) is 5.60 Å². The SMILES string of the molecule is C=NCOC1(C)CCOCC1. The third kappa shape index (κ3) is 2.60. The van der Waals surface area contributed by atoms with Crippen molar-refractivity contribution < 1.29 is 9.47 Å². The van der Waals surface area contributed by atoms with E-state index in [1.807, 2.05) is 0 Å². The maximum absolute atomic E-state index is 5.51. The summed E-state index contributed by atoms with van der Waals surface area (Å²) in [7, 11) is 0. The summed E-state index contributed by atoms with van der Waals surface area (Å²) in [5.74, 6) is 0. The second kappa shape index (κ2) is 3.83. The highest BCUT2D eigenvalue weighted by Crippen LogP contribution is 2.23. The molecule has 0 aromatic carbocycles. The van der Waals surface area contributed by atoms with Crippen molar-refractivity contribution in [3.05, 3.63) is 0 Å². The van der Waals surface area contributed by atoms with Crippen LogP contribution in [0, 0.1) is 0 Å². The van der Waals surface area contributed by atoms with Gasteiger partial charge in [-0.3, -0.25) is 4.99 Å². The van der Waals surface area contributed by atoms with Gasteiger partial charge < -0.3 is 9.47 Å². The summed E-state index contributed by atoms with van der Waals surface area (Å²) in [5, 5.41) is 0. The third-order valence-corrected chi connectivity index (χ3v) is 2.05. The summed E-state index contributed by atoms with van der Waals surface area (Å²) in [6, 6.07) is 0. The standard InChI is InChI=1S/C8H15NO2/c1-8(11-7-9-2)3-5-10-6-4-8/h2-7H2,1H3. The molecule has 1 rings (SSSR count). The number of hydrogen-bond acceptors (Lipinski definition) is 3. The van der Waals surface area contributed by atoms with E-state index in [0.717, 1.165) is 26.1 Å². The van der Waals surface area contributed by atoms with E-state index >= 15 is 0 Å². The van der Waals surface area contributed by atoms with Crippen LogP contribution in [0.2, 0.25) is 0 Å². The third-order valence-electron chi connectivity index (χ3n) is 2.05. The summed E-state index contributed by atoms with van der Waals surface area (Å²) in [6.07, 6.45) is 1.92. The molecule has 64 valence electrons. The number of rotatable bonds is 3. The molecule has 11 heavy (non-hydrogen) atoms. The molecule has 0 saturated carbocycles. The van der Waals surface area contributed by atoms with E-state index in [0.29, 0.717) is 6.73 Å². The van der Waals surface area contributed by atoms with Gasteiger partial charge in [0.2, 0.25) is 0 Å². The maximum Gasteiger partial charge on any atom is 0.137 e. The molecular formula is C8H15NO2. The molecule has 0 amide bonds. The lowest BCUT2D eigenvalue weighted by Crippen LogP contribution is -2.35. The number of aliphatic imine (C=N–C) groups is 1. The number of nitrogens with zero attached hydrogens (tertiary/aromatic N) is 1. The van der Waals surface area contributed by atoms with Crippen LogP contribution < -0.4 is 0 Å². The molecule has 0 aromatic rings. The lowest BCUT2D eigenvalue weighted by molar-refractivity contribution is -0.0964. The Morgan fingerprint density at radius 2 is 2.18 bits per heavy atom. The van der Waals surface area contributed by atoms with Crippen molar-refractivity contribution in [1.29, 1.82) is 0 Å². The van der Waals surface area contributed by atoms with Crippen molar-refractivity contribution in [2.24, 2.45) is 4.99 Å². The molecule has 0 atom stereocenters. The average Bonchev–Trinajstić information content (AvgIpc) is 2.03. The van der Waals surface area contributed by atoms with Gasteiger partial charge in [0, 0.05) is 13.2 Å². The quantitative estimate of drug-likeness (QED) is 0.577. The first-order chi connectivity index (χ1) is 5.27. The topological polar surface area (TPSA) is 30.8 Å². The minimum atomic E-state index is -0.0283. The van der Waals surface area contributed by atoms with Crippen molar-refractivity contribution in [3.63, 3.8) is 0 Å². The molecule has 0 radical (unpaired) electrons.